The lowest BCUT2D eigenvalue weighted by molar-refractivity contribution is 0.238. The predicted molar refractivity (Wildman–Crippen MR) is 89.4 cm³/mol. The maximum absolute atomic E-state index is 11.3. The van der Waals surface area contributed by atoms with Crippen LogP contribution in [0.25, 0.3) is 0 Å². The lowest BCUT2D eigenvalue weighted by Gasteiger charge is -2.34. The average molecular weight is 335 g/mol. The van der Waals surface area contributed by atoms with E-state index in [4.69, 9.17) is 4.18 Å². The molecule has 0 radical (unpaired) electrons. The second kappa shape index (κ2) is 5.95. The summed E-state index contributed by atoms with van der Waals surface area (Å²) in [6, 6.07) is 16.2. The number of fused-ring (bicyclic) bond motifs is 2. The summed E-state index contributed by atoms with van der Waals surface area (Å²) in [5, 5.41) is 0. The summed E-state index contributed by atoms with van der Waals surface area (Å²) in [5.41, 5.74) is 2.16. The van der Waals surface area contributed by atoms with Crippen molar-refractivity contribution in [2.24, 2.45) is 0 Å². The number of anilines is 2. The van der Waals surface area contributed by atoms with Gasteiger partial charge in [-0.15, -0.1) is 0 Å². The molecule has 0 saturated heterocycles. The van der Waals surface area contributed by atoms with Gasteiger partial charge in [0.05, 0.1) is 30.3 Å². The summed E-state index contributed by atoms with van der Waals surface area (Å²) >= 11 is 1.73. The second-order valence-corrected chi connectivity index (χ2v) is 7.94. The third-order valence-corrected chi connectivity index (χ3v) is 5.12. The Kier molecular flexibility index (Phi) is 4.16. The first-order chi connectivity index (χ1) is 10.4. The van der Waals surface area contributed by atoms with Gasteiger partial charge in [-0.1, -0.05) is 36.0 Å². The molecule has 1 heterocycles. The zero-order valence-corrected chi connectivity index (χ0v) is 14.0. The summed E-state index contributed by atoms with van der Waals surface area (Å²) in [7, 11) is -3.46. The van der Waals surface area contributed by atoms with Crippen LogP contribution in [0.5, 0.6) is 0 Å². The minimum Gasteiger partial charge on any atom is -0.337 e. The van der Waals surface area contributed by atoms with Crippen LogP contribution < -0.4 is 4.90 Å². The molecule has 3 rings (SSSR count). The zero-order valence-electron chi connectivity index (χ0n) is 12.4. The highest BCUT2D eigenvalue weighted by atomic mass is 32.2. The molecule has 4 nitrogen and oxygen atoms in total. The molecule has 0 N–H and O–H groups in total. The maximum atomic E-state index is 11.3. The summed E-state index contributed by atoms with van der Waals surface area (Å²) < 4.78 is 27.8. The molecule has 1 aliphatic rings. The van der Waals surface area contributed by atoms with Gasteiger partial charge in [-0.3, -0.25) is 4.18 Å². The first-order valence-corrected chi connectivity index (χ1v) is 9.59. The molecular formula is C16H17NO3S2. The van der Waals surface area contributed by atoms with Gasteiger partial charge in [-0.2, -0.15) is 8.42 Å². The van der Waals surface area contributed by atoms with Crippen LogP contribution in [0.15, 0.2) is 58.3 Å². The molecule has 1 atom stereocenters. The molecule has 0 aliphatic carbocycles. The van der Waals surface area contributed by atoms with Crippen LogP contribution >= 0.6 is 11.8 Å². The Labute approximate surface area is 135 Å². The van der Waals surface area contributed by atoms with E-state index in [9.17, 15) is 8.42 Å². The molecule has 0 amide bonds. The number of hydrogen-bond donors (Lipinski definition) is 0. The lowest BCUT2D eigenvalue weighted by atomic mass is 10.2. The summed E-state index contributed by atoms with van der Waals surface area (Å²) in [5.74, 6) is 0. The van der Waals surface area contributed by atoms with Crippen LogP contribution in [0.4, 0.5) is 11.4 Å². The average Bonchev–Trinajstić information content (AvgIpc) is 2.45. The van der Waals surface area contributed by atoms with Gasteiger partial charge in [0.1, 0.15) is 0 Å². The van der Waals surface area contributed by atoms with E-state index < -0.39 is 16.2 Å². The van der Waals surface area contributed by atoms with E-state index in [1.165, 1.54) is 0 Å². The summed E-state index contributed by atoms with van der Waals surface area (Å²) in [6.45, 7) is 2.25. The van der Waals surface area contributed by atoms with Crippen molar-refractivity contribution in [3.63, 3.8) is 0 Å². The number of hydrogen-bond acceptors (Lipinski definition) is 5. The maximum Gasteiger partial charge on any atom is 0.264 e. The van der Waals surface area contributed by atoms with Crippen molar-refractivity contribution < 1.29 is 12.6 Å². The molecule has 2 aromatic rings. The largest absolute Gasteiger partial charge is 0.337 e. The molecule has 6 heteroatoms. The van der Waals surface area contributed by atoms with Gasteiger partial charge in [-0.05, 0) is 31.2 Å². The van der Waals surface area contributed by atoms with Crippen LogP contribution in [-0.4, -0.2) is 27.3 Å². The van der Waals surface area contributed by atoms with Crippen LogP contribution in [0, 0.1) is 0 Å². The van der Waals surface area contributed by atoms with Crippen molar-refractivity contribution in [3.8, 4) is 0 Å². The SMILES string of the molecule is C[C@@H](CN1c2ccccc2Sc2ccccc21)OS(C)(=O)=O. The molecule has 0 saturated carbocycles. The van der Waals surface area contributed by atoms with Gasteiger partial charge in [0.25, 0.3) is 10.1 Å². The second-order valence-electron chi connectivity index (χ2n) is 5.26. The van der Waals surface area contributed by atoms with E-state index in [2.05, 4.69) is 17.0 Å². The van der Waals surface area contributed by atoms with Crippen LogP contribution in [0.1, 0.15) is 6.92 Å². The Balaban J connectivity index is 1.96. The highest BCUT2D eigenvalue weighted by Gasteiger charge is 2.25. The van der Waals surface area contributed by atoms with E-state index in [1.807, 2.05) is 36.4 Å². The van der Waals surface area contributed by atoms with Gasteiger partial charge < -0.3 is 4.90 Å². The van der Waals surface area contributed by atoms with E-state index in [1.54, 1.807) is 18.7 Å². The first-order valence-electron chi connectivity index (χ1n) is 6.96. The Hall–Kier alpha value is -1.50. The van der Waals surface area contributed by atoms with Gasteiger partial charge >= 0.3 is 0 Å². The highest BCUT2D eigenvalue weighted by molar-refractivity contribution is 7.99. The number of para-hydroxylation sites is 2. The fourth-order valence-electron chi connectivity index (χ4n) is 2.56. The normalized spacial score (nSPS) is 15.1. The molecule has 0 unspecified atom stereocenters. The molecule has 22 heavy (non-hydrogen) atoms. The molecule has 2 aromatic carbocycles. The Morgan fingerprint density at radius 3 is 2.05 bits per heavy atom. The smallest absolute Gasteiger partial charge is 0.264 e. The van der Waals surface area contributed by atoms with Crippen LogP contribution in [0.2, 0.25) is 0 Å². The molecule has 1 aliphatic heterocycles. The molecular weight excluding hydrogens is 318 g/mol. The number of rotatable bonds is 4. The van der Waals surface area contributed by atoms with E-state index in [0.717, 1.165) is 27.4 Å². The quantitative estimate of drug-likeness (QED) is 0.798. The van der Waals surface area contributed by atoms with Crippen molar-refractivity contribution in [2.45, 2.75) is 22.8 Å². The van der Waals surface area contributed by atoms with Gasteiger partial charge in [-0.25, -0.2) is 0 Å². The zero-order chi connectivity index (χ0) is 15.7. The van der Waals surface area contributed by atoms with Crippen molar-refractivity contribution in [3.05, 3.63) is 48.5 Å². The fourth-order valence-corrected chi connectivity index (χ4v) is 4.32. The third-order valence-electron chi connectivity index (χ3n) is 3.31. The minimum atomic E-state index is -3.46. The van der Waals surface area contributed by atoms with Crippen molar-refractivity contribution in [1.29, 1.82) is 0 Å². The van der Waals surface area contributed by atoms with Crippen molar-refractivity contribution >= 4 is 33.3 Å². The Bertz CT molecular complexity index is 744. The highest BCUT2D eigenvalue weighted by Crippen LogP contribution is 2.47. The van der Waals surface area contributed by atoms with E-state index in [0.29, 0.717) is 6.54 Å². The topological polar surface area (TPSA) is 46.6 Å². The fraction of sp³-hybridized carbons (Fsp3) is 0.250. The number of benzene rings is 2. The van der Waals surface area contributed by atoms with Crippen LogP contribution in [0.3, 0.4) is 0 Å². The van der Waals surface area contributed by atoms with Crippen molar-refractivity contribution in [2.75, 3.05) is 17.7 Å². The number of nitrogens with zero attached hydrogens (tertiary/aromatic N) is 1. The molecule has 116 valence electrons. The molecule has 0 fully saturated rings. The Morgan fingerprint density at radius 2 is 1.55 bits per heavy atom. The lowest BCUT2D eigenvalue weighted by Crippen LogP contribution is -2.31. The summed E-state index contributed by atoms with van der Waals surface area (Å²) in [6.07, 6.45) is 0.650. The third kappa shape index (κ3) is 3.29. The minimum absolute atomic E-state index is 0.431. The van der Waals surface area contributed by atoms with Gasteiger partial charge in [0.15, 0.2) is 0 Å². The van der Waals surface area contributed by atoms with E-state index in [-0.39, 0.29) is 0 Å². The van der Waals surface area contributed by atoms with E-state index >= 15 is 0 Å². The Morgan fingerprint density at radius 1 is 1.05 bits per heavy atom. The van der Waals surface area contributed by atoms with Crippen LogP contribution in [-0.2, 0) is 14.3 Å². The molecule has 0 aromatic heterocycles. The van der Waals surface area contributed by atoms with Gasteiger partial charge in [0, 0.05) is 9.79 Å². The predicted octanol–water partition coefficient (Wildman–Crippen LogP) is 3.65. The molecule has 0 bridgehead atoms. The molecule has 0 spiro atoms. The van der Waals surface area contributed by atoms with Crippen molar-refractivity contribution in [1.82, 2.24) is 0 Å². The monoisotopic (exact) mass is 335 g/mol. The summed E-state index contributed by atoms with van der Waals surface area (Å²) in [4.78, 5) is 4.44. The standard InChI is InChI=1S/C16H17NO3S2/c1-12(20-22(2,18)19)11-17-13-7-3-5-9-15(13)21-16-10-6-4-8-14(16)17/h3-10,12H,11H2,1-2H3/t12-/m0/s1. The van der Waals surface area contributed by atoms with Gasteiger partial charge in [0.2, 0.25) is 0 Å². The first kappa shape index (κ1) is 15.4.